The van der Waals surface area contributed by atoms with Crippen LogP contribution in [0.5, 0.6) is 0 Å². The maximum atomic E-state index is 12.1. The highest BCUT2D eigenvalue weighted by molar-refractivity contribution is 6.30. The molecule has 0 aliphatic heterocycles. The first kappa shape index (κ1) is 19.9. The zero-order valence-corrected chi connectivity index (χ0v) is 15.9. The third-order valence-corrected chi connectivity index (χ3v) is 4.31. The Kier molecular flexibility index (Phi) is 7.63. The van der Waals surface area contributed by atoms with Crippen molar-refractivity contribution >= 4 is 23.4 Å². The molecule has 0 aliphatic rings. The Morgan fingerprint density at radius 2 is 1.62 bits per heavy atom. The maximum absolute atomic E-state index is 12.1. The molecule has 0 bridgehead atoms. The van der Waals surface area contributed by atoms with Gasteiger partial charge in [0.25, 0.3) is 11.8 Å². The molecule has 2 rings (SSSR count). The number of hydrogen-bond acceptors (Lipinski definition) is 2. The van der Waals surface area contributed by atoms with Crippen LogP contribution in [0.2, 0.25) is 5.02 Å². The second-order valence-corrected chi connectivity index (χ2v) is 6.75. The van der Waals surface area contributed by atoms with Crippen molar-refractivity contribution < 1.29 is 14.5 Å². The van der Waals surface area contributed by atoms with E-state index in [0.717, 1.165) is 29.0 Å². The number of carbonyl (C=O) groups is 2. The first-order valence-corrected chi connectivity index (χ1v) is 8.99. The molecular weight excluding hydrogens is 350 g/mol. The summed E-state index contributed by atoms with van der Waals surface area (Å²) in [4.78, 5) is 24.7. The number of carbonyl (C=O) groups excluding carboxylic acids is 2. The second-order valence-electron chi connectivity index (χ2n) is 6.31. The molecule has 5 nitrogen and oxygen atoms in total. The molecular formula is C20H25ClN3O2+. The number of likely N-dealkylation sites (N-methyl/N-ethyl adjacent to an activating group) is 1. The molecule has 1 unspecified atom stereocenters. The Morgan fingerprint density at radius 1 is 1.00 bits per heavy atom. The summed E-state index contributed by atoms with van der Waals surface area (Å²) in [5.41, 5.74) is 2.87. The summed E-state index contributed by atoms with van der Waals surface area (Å²) in [5.74, 6) is -0.0734. The molecule has 2 aromatic carbocycles. The van der Waals surface area contributed by atoms with E-state index in [4.69, 9.17) is 11.6 Å². The van der Waals surface area contributed by atoms with Gasteiger partial charge in [0.2, 0.25) is 0 Å². The van der Waals surface area contributed by atoms with Gasteiger partial charge in [-0.2, -0.15) is 0 Å². The summed E-state index contributed by atoms with van der Waals surface area (Å²) in [6, 6.07) is 15.1. The summed E-state index contributed by atoms with van der Waals surface area (Å²) in [5, 5.41) is 6.26. The Hall–Kier alpha value is -2.37. The molecule has 0 fully saturated rings. The van der Waals surface area contributed by atoms with Crippen LogP contribution in [0.1, 0.15) is 21.5 Å². The summed E-state index contributed by atoms with van der Waals surface area (Å²) >= 11 is 5.86. The van der Waals surface area contributed by atoms with Crippen LogP contribution in [0.3, 0.4) is 0 Å². The zero-order chi connectivity index (χ0) is 18.9. The van der Waals surface area contributed by atoms with Crippen LogP contribution < -0.4 is 15.5 Å². The Balaban J connectivity index is 1.72. The van der Waals surface area contributed by atoms with Crippen molar-refractivity contribution in [2.24, 2.45) is 0 Å². The van der Waals surface area contributed by atoms with Crippen molar-refractivity contribution in [2.45, 2.75) is 13.0 Å². The number of hydrogen-bond donors (Lipinski definition) is 3. The molecule has 138 valence electrons. The summed E-state index contributed by atoms with van der Waals surface area (Å²) in [6.07, 6.45) is 0.781. The Bertz CT molecular complexity index is 730. The van der Waals surface area contributed by atoms with E-state index in [1.165, 1.54) is 0 Å². The van der Waals surface area contributed by atoms with Crippen LogP contribution in [-0.4, -0.2) is 39.0 Å². The van der Waals surface area contributed by atoms with Crippen molar-refractivity contribution in [1.82, 2.24) is 10.6 Å². The lowest BCUT2D eigenvalue weighted by Gasteiger charge is -2.14. The van der Waals surface area contributed by atoms with E-state index < -0.39 is 0 Å². The van der Waals surface area contributed by atoms with Crippen LogP contribution in [0, 0.1) is 0 Å². The van der Waals surface area contributed by atoms with Gasteiger partial charge in [0, 0.05) is 29.7 Å². The van der Waals surface area contributed by atoms with Crippen LogP contribution >= 0.6 is 11.6 Å². The first-order chi connectivity index (χ1) is 12.5. The quantitative estimate of drug-likeness (QED) is 0.647. The van der Waals surface area contributed by atoms with Crippen LogP contribution in [0.25, 0.3) is 0 Å². The average Bonchev–Trinajstić information content (AvgIpc) is 2.63. The lowest BCUT2D eigenvalue weighted by atomic mass is 10.1. The molecule has 0 aromatic heterocycles. The molecule has 3 N–H and O–H groups in total. The van der Waals surface area contributed by atoms with Gasteiger partial charge in [-0.1, -0.05) is 35.9 Å². The summed E-state index contributed by atoms with van der Waals surface area (Å²) in [6.45, 7) is 1.73. The fourth-order valence-electron chi connectivity index (χ4n) is 2.66. The largest absolute Gasteiger partial charge is 0.355 e. The minimum atomic E-state index is -0.0997. The van der Waals surface area contributed by atoms with Crippen molar-refractivity contribution in [3.05, 3.63) is 70.2 Å². The SMILES string of the molecule is CNC(=O)c1ccc(C[NH+](C)CC(=O)NCCc2ccc(Cl)cc2)cc1. The van der Waals surface area contributed by atoms with Crippen LogP contribution in [0.4, 0.5) is 0 Å². The smallest absolute Gasteiger partial charge is 0.275 e. The molecule has 2 amide bonds. The first-order valence-electron chi connectivity index (χ1n) is 8.61. The molecule has 0 radical (unpaired) electrons. The van der Waals surface area contributed by atoms with Gasteiger partial charge in [-0.05, 0) is 36.2 Å². The fourth-order valence-corrected chi connectivity index (χ4v) is 2.79. The van der Waals surface area contributed by atoms with Crippen LogP contribution in [-0.2, 0) is 17.8 Å². The third kappa shape index (κ3) is 6.50. The predicted octanol–water partition coefficient (Wildman–Crippen LogP) is 1.07. The number of benzene rings is 2. The van der Waals surface area contributed by atoms with E-state index in [9.17, 15) is 9.59 Å². The van der Waals surface area contributed by atoms with Gasteiger partial charge in [-0.15, -0.1) is 0 Å². The number of halogens is 1. The van der Waals surface area contributed by atoms with E-state index >= 15 is 0 Å². The molecule has 6 heteroatoms. The summed E-state index contributed by atoms with van der Waals surface area (Å²) < 4.78 is 0. The number of nitrogens with one attached hydrogen (secondary N) is 3. The van der Waals surface area contributed by atoms with E-state index in [-0.39, 0.29) is 11.8 Å². The minimum Gasteiger partial charge on any atom is -0.355 e. The van der Waals surface area contributed by atoms with Gasteiger partial charge >= 0.3 is 0 Å². The molecule has 26 heavy (non-hydrogen) atoms. The maximum Gasteiger partial charge on any atom is 0.275 e. The van der Waals surface area contributed by atoms with Crippen LogP contribution in [0.15, 0.2) is 48.5 Å². The fraction of sp³-hybridized carbons (Fsp3) is 0.300. The molecule has 0 saturated carbocycles. The van der Waals surface area contributed by atoms with Crippen molar-refractivity contribution in [1.29, 1.82) is 0 Å². The third-order valence-electron chi connectivity index (χ3n) is 4.06. The van der Waals surface area contributed by atoms with Gasteiger partial charge in [0.1, 0.15) is 6.54 Å². The Labute approximate surface area is 159 Å². The highest BCUT2D eigenvalue weighted by atomic mass is 35.5. The van der Waals surface area contributed by atoms with Crippen molar-refractivity contribution in [3.63, 3.8) is 0 Å². The molecule has 0 aliphatic carbocycles. The summed E-state index contributed by atoms with van der Waals surface area (Å²) in [7, 11) is 3.59. The zero-order valence-electron chi connectivity index (χ0n) is 15.1. The molecule has 2 aromatic rings. The molecule has 0 saturated heterocycles. The minimum absolute atomic E-state index is 0.0263. The van der Waals surface area contributed by atoms with Crippen molar-refractivity contribution in [2.75, 3.05) is 27.2 Å². The topological polar surface area (TPSA) is 62.6 Å². The van der Waals surface area contributed by atoms with Gasteiger partial charge < -0.3 is 15.5 Å². The molecule has 1 atom stereocenters. The van der Waals surface area contributed by atoms with Gasteiger partial charge in [-0.25, -0.2) is 0 Å². The molecule has 0 spiro atoms. The molecule has 0 heterocycles. The lowest BCUT2D eigenvalue weighted by Crippen LogP contribution is -3.08. The number of rotatable bonds is 8. The monoisotopic (exact) mass is 374 g/mol. The normalized spacial score (nSPS) is 11.7. The predicted molar refractivity (Wildman–Crippen MR) is 103 cm³/mol. The van der Waals surface area contributed by atoms with Crippen molar-refractivity contribution in [3.8, 4) is 0 Å². The lowest BCUT2D eigenvalue weighted by molar-refractivity contribution is -0.885. The van der Waals surface area contributed by atoms with Gasteiger partial charge in [-0.3, -0.25) is 9.59 Å². The van der Waals surface area contributed by atoms with E-state index in [0.29, 0.717) is 23.7 Å². The van der Waals surface area contributed by atoms with Gasteiger partial charge in [0.05, 0.1) is 7.05 Å². The van der Waals surface area contributed by atoms with E-state index in [1.54, 1.807) is 19.2 Å². The highest BCUT2D eigenvalue weighted by Crippen LogP contribution is 2.09. The number of quaternary nitrogens is 1. The van der Waals surface area contributed by atoms with E-state index in [1.807, 2.05) is 43.4 Å². The average molecular weight is 375 g/mol. The van der Waals surface area contributed by atoms with E-state index in [2.05, 4.69) is 10.6 Å². The number of amides is 2. The highest BCUT2D eigenvalue weighted by Gasteiger charge is 2.11. The van der Waals surface area contributed by atoms with Gasteiger partial charge in [0.15, 0.2) is 6.54 Å². The Morgan fingerprint density at radius 3 is 2.23 bits per heavy atom. The standard InChI is InChI=1S/C20H24ClN3O2/c1-22-20(26)17-7-3-16(4-8-17)13-24(2)14-19(25)23-12-11-15-5-9-18(21)10-6-15/h3-10H,11-14H2,1-2H3,(H,22,26)(H,23,25)/p+1. The second kappa shape index (κ2) is 9.94.